The maximum absolute atomic E-state index is 13.3. The van der Waals surface area contributed by atoms with Gasteiger partial charge in [-0.3, -0.25) is 4.79 Å². The molecule has 1 saturated carbocycles. The summed E-state index contributed by atoms with van der Waals surface area (Å²) in [6, 6.07) is 15.9. The zero-order valence-corrected chi connectivity index (χ0v) is 19.5. The van der Waals surface area contributed by atoms with Gasteiger partial charge in [-0.25, -0.2) is 13.1 Å². The summed E-state index contributed by atoms with van der Waals surface area (Å²) in [6.45, 7) is 4.12. The van der Waals surface area contributed by atoms with Crippen LogP contribution in [0.4, 0.5) is 0 Å². The van der Waals surface area contributed by atoms with Gasteiger partial charge in [-0.1, -0.05) is 80.6 Å². The Balaban J connectivity index is 1.91. The van der Waals surface area contributed by atoms with E-state index in [-0.39, 0.29) is 22.5 Å². The Morgan fingerprint density at radius 1 is 1.00 bits per heavy atom. The van der Waals surface area contributed by atoms with E-state index in [1.807, 2.05) is 37.3 Å². The molecule has 3 rings (SSSR count). The van der Waals surface area contributed by atoms with Gasteiger partial charge in [0.1, 0.15) is 5.78 Å². The second-order valence-corrected chi connectivity index (χ2v) is 10.5. The molecule has 3 atom stereocenters. The van der Waals surface area contributed by atoms with Crippen molar-refractivity contribution in [2.75, 3.05) is 0 Å². The molecule has 1 fully saturated rings. The van der Waals surface area contributed by atoms with Crippen LogP contribution in [0.2, 0.25) is 0 Å². The Bertz CT molecular complexity index is 938. The third-order valence-corrected chi connectivity index (χ3v) is 7.89. The van der Waals surface area contributed by atoms with Crippen molar-refractivity contribution in [3.63, 3.8) is 0 Å². The topological polar surface area (TPSA) is 63.2 Å². The number of ketones is 1. The summed E-state index contributed by atoms with van der Waals surface area (Å²) in [4.78, 5) is 13.4. The zero-order chi connectivity index (χ0) is 22.3. The van der Waals surface area contributed by atoms with Crippen molar-refractivity contribution in [2.45, 2.75) is 76.2 Å². The Morgan fingerprint density at radius 3 is 2.39 bits per heavy atom. The Labute approximate surface area is 187 Å². The third kappa shape index (κ3) is 6.27. The highest BCUT2D eigenvalue weighted by Crippen LogP contribution is 2.40. The summed E-state index contributed by atoms with van der Waals surface area (Å²) in [5.41, 5.74) is 1.87. The van der Waals surface area contributed by atoms with Crippen molar-refractivity contribution in [2.24, 2.45) is 11.8 Å². The molecule has 1 aliphatic rings. The monoisotopic (exact) mass is 441 g/mol. The molecular weight excluding hydrogens is 406 g/mol. The van der Waals surface area contributed by atoms with Crippen molar-refractivity contribution in [1.29, 1.82) is 0 Å². The van der Waals surface area contributed by atoms with Crippen LogP contribution in [-0.2, 0) is 14.8 Å². The van der Waals surface area contributed by atoms with Crippen LogP contribution in [0, 0.1) is 18.8 Å². The first-order valence-electron chi connectivity index (χ1n) is 11.6. The zero-order valence-electron chi connectivity index (χ0n) is 18.7. The van der Waals surface area contributed by atoms with Gasteiger partial charge in [0.2, 0.25) is 10.0 Å². The molecule has 2 aromatic rings. The van der Waals surface area contributed by atoms with E-state index < -0.39 is 16.1 Å². The van der Waals surface area contributed by atoms with E-state index in [1.54, 1.807) is 24.3 Å². The molecule has 0 radical (unpaired) electrons. The lowest BCUT2D eigenvalue weighted by Crippen LogP contribution is -2.42. The number of nitrogens with one attached hydrogen (secondary N) is 1. The van der Waals surface area contributed by atoms with Crippen molar-refractivity contribution in [3.8, 4) is 0 Å². The molecule has 0 spiro atoms. The van der Waals surface area contributed by atoms with Gasteiger partial charge in [0.25, 0.3) is 0 Å². The van der Waals surface area contributed by atoms with E-state index in [0.29, 0.717) is 6.42 Å². The SMILES string of the molecule is CCCCCC[C@H]1CCCC(=O)[C@@H]1[C@@H](NS(=O)(=O)c1ccc(C)cc1)c1ccccc1. The van der Waals surface area contributed by atoms with Gasteiger partial charge >= 0.3 is 0 Å². The van der Waals surface area contributed by atoms with E-state index in [2.05, 4.69) is 11.6 Å². The number of carbonyl (C=O) groups is 1. The molecule has 4 nitrogen and oxygen atoms in total. The van der Waals surface area contributed by atoms with Gasteiger partial charge in [0.05, 0.1) is 10.9 Å². The molecule has 0 aromatic heterocycles. The molecule has 1 N–H and O–H groups in total. The van der Waals surface area contributed by atoms with E-state index in [9.17, 15) is 13.2 Å². The van der Waals surface area contributed by atoms with Crippen molar-refractivity contribution >= 4 is 15.8 Å². The molecule has 0 saturated heterocycles. The van der Waals surface area contributed by atoms with Crippen LogP contribution >= 0.6 is 0 Å². The van der Waals surface area contributed by atoms with Crippen LogP contribution in [-0.4, -0.2) is 14.2 Å². The number of benzene rings is 2. The molecule has 0 aliphatic heterocycles. The van der Waals surface area contributed by atoms with Gasteiger partial charge in [-0.05, 0) is 49.8 Å². The lowest BCUT2D eigenvalue weighted by atomic mass is 9.71. The van der Waals surface area contributed by atoms with Crippen LogP contribution in [0.5, 0.6) is 0 Å². The van der Waals surface area contributed by atoms with E-state index in [4.69, 9.17) is 0 Å². The molecule has 5 heteroatoms. The number of sulfonamides is 1. The fourth-order valence-corrected chi connectivity index (χ4v) is 5.97. The predicted octanol–water partition coefficient (Wildman–Crippen LogP) is 5.97. The summed E-state index contributed by atoms with van der Waals surface area (Å²) in [7, 11) is -3.75. The van der Waals surface area contributed by atoms with Crippen LogP contribution in [0.25, 0.3) is 0 Å². The molecule has 0 amide bonds. The average molecular weight is 442 g/mol. The molecule has 0 unspecified atom stereocenters. The van der Waals surface area contributed by atoms with Gasteiger partial charge in [0.15, 0.2) is 0 Å². The fraction of sp³-hybridized carbons (Fsp3) is 0.500. The van der Waals surface area contributed by atoms with E-state index >= 15 is 0 Å². The van der Waals surface area contributed by atoms with E-state index in [1.165, 1.54) is 19.3 Å². The van der Waals surface area contributed by atoms with Crippen molar-refractivity contribution < 1.29 is 13.2 Å². The molecule has 0 bridgehead atoms. The van der Waals surface area contributed by atoms with Crippen molar-refractivity contribution in [3.05, 3.63) is 65.7 Å². The molecular formula is C26H35NO3S. The van der Waals surface area contributed by atoms with Gasteiger partial charge in [-0.15, -0.1) is 0 Å². The minimum atomic E-state index is -3.75. The summed E-state index contributed by atoms with van der Waals surface area (Å²) in [5.74, 6) is 0.0780. The van der Waals surface area contributed by atoms with Crippen LogP contribution in [0.15, 0.2) is 59.5 Å². The van der Waals surface area contributed by atoms with Gasteiger partial charge in [0, 0.05) is 12.3 Å². The summed E-state index contributed by atoms with van der Waals surface area (Å²) < 4.78 is 29.4. The highest BCUT2D eigenvalue weighted by atomic mass is 32.2. The summed E-state index contributed by atoms with van der Waals surface area (Å²) in [5, 5.41) is 0. The Morgan fingerprint density at radius 2 is 1.71 bits per heavy atom. The standard InChI is InChI=1S/C26H35NO3S/c1-3-4-5-7-11-21-14-10-15-24(28)25(21)26(22-12-8-6-9-13-22)27-31(29,30)23-18-16-20(2)17-19-23/h6,8-9,12-13,16-19,21,25-27H,3-5,7,10-11,14-15H2,1-2H3/t21-,25+,26-/m0/s1. The lowest BCUT2D eigenvalue weighted by Gasteiger charge is -2.36. The molecule has 31 heavy (non-hydrogen) atoms. The normalized spacial score (nSPS) is 20.5. The van der Waals surface area contributed by atoms with E-state index in [0.717, 1.165) is 36.8 Å². The van der Waals surface area contributed by atoms with Crippen molar-refractivity contribution in [1.82, 2.24) is 4.72 Å². The van der Waals surface area contributed by atoms with Gasteiger partial charge < -0.3 is 0 Å². The van der Waals surface area contributed by atoms with Crippen LogP contribution in [0.3, 0.4) is 0 Å². The highest BCUT2D eigenvalue weighted by Gasteiger charge is 2.40. The van der Waals surface area contributed by atoms with Crippen LogP contribution < -0.4 is 4.72 Å². The Hall–Kier alpha value is -1.98. The first-order chi connectivity index (χ1) is 14.9. The minimum absolute atomic E-state index is 0.187. The minimum Gasteiger partial charge on any atom is -0.299 e. The first kappa shape index (κ1) is 23.7. The maximum Gasteiger partial charge on any atom is 0.241 e. The number of aryl methyl sites for hydroxylation is 1. The van der Waals surface area contributed by atoms with Gasteiger partial charge in [-0.2, -0.15) is 0 Å². The molecule has 1 aliphatic carbocycles. The molecule has 2 aromatic carbocycles. The quantitative estimate of drug-likeness (QED) is 0.462. The predicted molar refractivity (Wildman–Crippen MR) is 125 cm³/mol. The summed E-state index contributed by atoms with van der Waals surface area (Å²) >= 11 is 0. The summed E-state index contributed by atoms with van der Waals surface area (Å²) in [6.07, 6.45) is 8.03. The lowest BCUT2D eigenvalue weighted by molar-refractivity contribution is -0.128. The maximum atomic E-state index is 13.3. The van der Waals surface area contributed by atoms with Crippen LogP contribution in [0.1, 0.15) is 75.5 Å². The first-order valence-corrected chi connectivity index (χ1v) is 13.1. The fourth-order valence-electron chi connectivity index (χ4n) is 4.72. The molecule has 168 valence electrons. The Kier molecular flexibility index (Phi) is 8.44. The third-order valence-electron chi connectivity index (χ3n) is 6.44. The number of Topliss-reactive ketones (excluding diaryl/α,β-unsaturated/α-hetero) is 1. The largest absolute Gasteiger partial charge is 0.299 e. The second-order valence-electron chi connectivity index (χ2n) is 8.82. The average Bonchev–Trinajstić information content (AvgIpc) is 2.76. The number of rotatable bonds is 10. The number of carbonyl (C=O) groups excluding carboxylic acids is 1. The smallest absolute Gasteiger partial charge is 0.241 e. The second kappa shape index (κ2) is 11.1. The number of hydrogen-bond donors (Lipinski definition) is 1. The number of hydrogen-bond acceptors (Lipinski definition) is 3. The number of unbranched alkanes of at least 4 members (excludes halogenated alkanes) is 3. The highest BCUT2D eigenvalue weighted by molar-refractivity contribution is 7.89. The molecule has 0 heterocycles.